The van der Waals surface area contributed by atoms with Gasteiger partial charge in [0, 0.05) is 24.8 Å². The maximum Gasteiger partial charge on any atom is 0.0483 e. The molecule has 80 valence electrons. The third-order valence-corrected chi connectivity index (χ3v) is 3.04. The zero-order valence-electron chi connectivity index (χ0n) is 9.62. The number of aryl methyl sites for hydroxylation is 1. The second-order valence-corrected chi connectivity index (χ2v) is 4.37. The van der Waals surface area contributed by atoms with E-state index in [4.69, 9.17) is 5.73 Å². The Balaban J connectivity index is 2.65. The Labute approximate surface area is 90.7 Å². The lowest BCUT2D eigenvalue weighted by molar-refractivity contribution is 0.841. The summed E-state index contributed by atoms with van der Waals surface area (Å²) < 4.78 is 2.18. The van der Waals surface area contributed by atoms with Crippen LogP contribution in [0.2, 0.25) is 0 Å². The van der Waals surface area contributed by atoms with Gasteiger partial charge in [0.05, 0.1) is 0 Å². The summed E-state index contributed by atoms with van der Waals surface area (Å²) in [5.41, 5.74) is 9.54. The molecule has 0 saturated carbocycles. The summed E-state index contributed by atoms with van der Waals surface area (Å²) >= 11 is 0. The van der Waals surface area contributed by atoms with E-state index in [0.29, 0.717) is 12.5 Å². The molecule has 15 heavy (non-hydrogen) atoms. The molecule has 0 unspecified atom stereocenters. The smallest absolute Gasteiger partial charge is 0.0483 e. The Kier molecular flexibility index (Phi) is 2.53. The van der Waals surface area contributed by atoms with Crippen molar-refractivity contribution in [2.24, 2.45) is 12.8 Å². The lowest BCUT2D eigenvalue weighted by Crippen LogP contribution is -2.02. The van der Waals surface area contributed by atoms with Crippen molar-refractivity contribution in [2.45, 2.75) is 26.3 Å². The van der Waals surface area contributed by atoms with Crippen molar-refractivity contribution in [1.82, 2.24) is 4.57 Å². The van der Waals surface area contributed by atoms with Crippen LogP contribution < -0.4 is 5.73 Å². The van der Waals surface area contributed by atoms with Crippen LogP contribution >= 0.6 is 0 Å². The van der Waals surface area contributed by atoms with Crippen LogP contribution in [0.25, 0.3) is 10.9 Å². The Morgan fingerprint density at radius 1 is 1.27 bits per heavy atom. The maximum absolute atomic E-state index is 5.69. The van der Waals surface area contributed by atoms with Crippen LogP contribution in [0.3, 0.4) is 0 Å². The largest absolute Gasteiger partial charge is 0.346 e. The predicted octanol–water partition coefficient (Wildman–Crippen LogP) is 2.76. The van der Waals surface area contributed by atoms with Crippen LogP contribution in [-0.4, -0.2) is 4.57 Å². The van der Waals surface area contributed by atoms with Gasteiger partial charge in [-0.15, -0.1) is 0 Å². The van der Waals surface area contributed by atoms with Crippen molar-refractivity contribution in [3.05, 3.63) is 35.5 Å². The van der Waals surface area contributed by atoms with E-state index in [1.165, 1.54) is 22.2 Å². The first-order chi connectivity index (χ1) is 7.13. The normalized spacial score (nSPS) is 11.5. The number of fused-ring (bicyclic) bond motifs is 1. The SMILES string of the molecule is CC(C)c1ccc2cc(CN)n(C)c2c1. The fraction of sp³-hybridized carbons (Fsp3) is 0.385. The molecule has 0 amide bonds. The van der Waals surface area contributed by atoms with E-state index in [9.17, 15) is 0 Å². The van der Waals surface area contributed by atoms with Crippen molar-refractivity contribution < 1.29 is 0 Å². The molecule has 0 spiro atoms. The zero-order chi connectivity index (χ0) is 11.0. The molecule has 2 aromatic rings. The minimum absolute atomic E-state index is 0.575. The summed E-state index contributed by atoms with van der Waals surface area (Å²) in [5, 5.41) is 1.28. The summed E-state index contributed by atoms with van der Waals surface area (Å²) in [6, 6.07) is 8.82. The van der Waals surface area contributed by atoms with E-state index in [0.717, 1.165) is 0 Å². The molecule has 0 fully saturated rings. The van der Waals surface area contributed by atoms with Gasteiger partial charge in [-0.25, -0.2) is 0 Å². The molecule has 0 radical (unpaired) electrons. The molecule has 0 saturated heterocycles. The molecule has 2 rings (SSSR count). The lowest BCUT2D eigenvalue weighted by atomic mass is 10.0. The quantitative estimate of drug-likeness (QED) is 0.797. The first-order valence-electron chi connectivity index (χ1n) is 5.41. The third kappa shape index (κ3) is 1.65. The molecular formula is C13H18N2. The van der Waals surface area contributed by atoms with E-state index < -0.39 is 0 Å². The van der Waals surface area contributed by atoms with Crippen LogP contribution in [0.4, 0.5) is 0 Å². The van der Waals surface area contributed by atoms with Crippen molar-refractivity contribution in [1.29, 1.82) is 0 Å². The number of benzene rings is 1. The Bertz CT molecular complexity index is 480. The second kappa shape index (κ2) is 3.70. The molecule has 0 atom stereocenters. The van der Waals surface area contributed by atoms with Gasteiger partial charge in [0.1, 0.15) is 0 Å². The van der Waals surface area contributed by atoms with E-state index in [1.807, 2.05) is 0 Å². The van der Waals surface area contributed by atoms with E-state index in [1.54, 1.807) is 0 Å². The molecule has 2 heteroatoms. The zero-order valence-corrected chi connectivity index (χ0v) is 9.62. The minimum atomic E-state index is 0.575. The van der Waals surface area contributed by atoms with Gasteiger partial charge in [-0.2, -0.15) is 0 Å². The monoisotopic (exact) mass is 202 g/mol. The highest BCUT2D eigenvalue weighted by Crippen LogP contribution is 2.23. The number of hydrogen-bond acceptors (Lipinski definition) is 1. The maximum atomic E-state index is 5.69. The fourth-order valence-corrected chi connectivity index (χ4v) is 1.96. The number of nitrogens with two attached hydrogens (primary N) is 1. The fourth-order valence-electron chi connectivity index (χ4n) is 1.96. The second-order valence-electron chi connectivity index (χ2n) is 4.37. The van der Waals surface area contributed by atoms with Crippen LogP contribution in [0.5, 0.6) is 0 Å². The molecular weight excluding hydrogens is 184 g/mol. The highest BCUT2D eigenvalue weighted by Gasteiger charge is 2.06. The van der Waals surface area contributed by atoms with Gasteiger partial charge in [0.2, 0.25) is 0 Å². The minimum Gasteiger partial charge on any atom is -0.346 e. The average molecular weight is 202 g/mol. The van der Waals surface area contributed by atoms with E-state index in [2.05, 4.69) is 49.7 Å². The van der Waals surface area contributed by atoms with Crippen molar-refractivity contribution in [3.8, 4) is 0 Å². The highest BCUT2D eigenvalue weighted by molar-refractivity contribution is 5.82. The van der Waals surface area contributed by atoms with Gasteiger partial charge < -0.3 is 10.3 Å². The predicted molar refractivity (Wildman–Crippen MR) is 64.9 cm³/mol. The molecule has 0 aliphatic rings. The molecule has 0 bridgehead atoms. The molecule has 0 aliphatic carbocycles. The van der Waals surface area contributed by atoms with Gasteiger partial charge in [-0.05, 0) is 29.0 Å². The summed E-state index contributed by atoms with van der Waals surface area (Å²) in [7, 11) is 2.08. The van der Waals surface area contributed by atoms with Crippen LogP contribution in [0, 0.1) is 0 Å². The van der Waals surface area contributed by atoms with Crippen molar-refractivity contribution in [3.63, 3.8) is 0 Å². The first kappa shape index (κ1) is 10.2. The van der Waals surface area contributed by atoms with Crippen LogP contribution in [0.15, 0.2) is 24.3 Å². The summed E-state index contributed by atoms with van der Waals surface area (Å²) in [4.78, 5) is 0. The standard InChI is InChI=1S/C13H18N2/c1-9(2)10-4-5-11-6-12(8-14)15(3)13(11)7-10/h4-7,9H,8,14H2,1-3H3. The van der Waals surface area contributed by atoms with Crippen molar-refractivity contribution >= 4 is 10.9 Å². The van der Waals surface area contributed by atoms with Crippen LogP contribution in [0.1, 0.15) is 31.0 Å². The van der Waals surface area contributed by atoms with Crippen molar-refractivity contribution in [2.75, 3.05) is 0 Å². The Morgan fingerprint density at radius 2 is 2.00 bits per heavy atom. The van der Waals surface area contributed by atoms with Gasteiger partial charge in [0.25, 0.3) is 0 Å². The van der Waals surface area contributed by atoms with Crippen LogP contribution in [-0.2, 0) is 13.6 Å². The van der Waals surface area contributed by atoms with Gasteiger partial charge in [0.15, 0.2) is 0 Å². The number of nitrogens with zero attached hydrogens (tertiary/aromatic N) is 1. The number of hydrogen-bond donors (Lipinski definition) is 1. The molecule has 0 aliphatic heterocycles. The van der Waals surface area contributed by atoms with Gasteiger partial charge in [-0.1, -0.05) is 26.0 Å². The highest BCUT2D eigenvalue weighted by atomic mass is 15.0. The molecule has 1 aromatic carbocycles. The first-order valence-corrected chi connectivity index (χ1v) is 5.41. The van der Waals surface area contributed by atoms with E-state index >= 15 is 0 Å². The molecule has 2 N–H and O–H groups in total. The Hall–Kier alpha value is -1.28. The number of aromatic nitrogens is 1. The van der Waals surface area contributed by atoms with Gasteiger partial charge in [-0.3, -0.25) is 0 Å². The number of rotatable bonds is 2. The summed E-state index contributed by atoms with van der Waals surface area (Å²) in [6.07, 6.45) is 0. The van der Waals surface area contributed by atoms with Gasteiger partial charge >= 0.3 is 0 Å². The summed E-state index contributed by atoms with van der Waals surface area (Å²) in [6.45, 7) is 5.03. The third-order valence-electron chi connectivity index (χ3n) is 3.04. The molecule has 2 nitrogen and oxygen atoms in total. The molecule has 1 aromatic heterocycles. The lowest BCUT2D eigenvalue weighted by Gasteiger charge is -2.06. The average Bonchev–Trinajstić information content (AvgIpc) is 2.55. The summed E-state index contributed by atoms with van der Waals surface area (Å²) in [5.74, 6) is 0.575. The van der Waals surface area contributed by atoms with E-state index in [-0.39, 0.29) is 0 Å². The molecule has 1 heterocycles. The Morgan fingerprint density at radius 3 is 2.60 bits per heavy atom. The topological polar surface area (TPSA) is 30.9 Å².